The molecule has 0 atom stereocenters. The lowest BCUT2D eigenvalue weighted by Gasteiger charge is -2.12. The Kier molecular flexibility index (Phi) is 7.04. The second kappa shape index (κ2) is 9.90. The van der Waals surface area contributed by atoms with Crippen LogP contribution in [0.15, 0.2) is 54.7 Å². The molecule has 0 spiro atoms. The normalized spacial score (nSPS) is 10.9. The summed E-state index contributed by atoms with van der Waals surface area (Å²) in [6.45, 7) is 2.76. The molecule has 31 heavy (non-hydrogen) atoms. The average Bonchev–Trinajstić information content (AvgIpc) is 3.26. The van der Waals surface area contributed by atoms with E-state index >= 15 is 0 Å². The van der Waals surface area contributed by atoms with Crippen LogP contribution in [0.4, 0.5) is 5.69 Å². The van der Waals surface area contributed by atoms with Crippen molar-refractivity contribution in [1.82, 2.24) is 9.78 Å². The van der Waals surface area contributed by atoms with Crippen LogP contribution in [0.2, 0.25) is 5.02 Å². The fourth-order valence-electron chi connectivity index (χ4n) is 2.82. The molecule has 0 unspecified atom stereocenters. The van der Waals surface area contributed by atoms with Gasteiger partial charge in [0.15, 0.2) is 0 Å². The highest BCUT2D eigenvalue weighted by atomic mass is 35.5. The Morgan fingerprint density at radius 3 is 2.65 bits per heavy atom. The van der Waals surface area contributed by atoms with E-state index in [2.05, 4.69) is 5.10 Å². The van der Waals surface area contributed by atoms with Gasteiger partial charge in [0.2, 0.25) is 5.78 Å². The Hall–Kier alpha value is -3.65. The van der Waals surface area contributed by atoms with Crippen molar-refractivity contribution in [2.24, 2.45) is 0 Å². The van der Waals surface area contributed by atoms with Crippen LogP contribution in [-0.2, 0) is 13.2 Å². The number of ketones is 1. The third kappa shape index (κ3) is 5.49. The minimum atomic E-state index is -0.525. The van der Waals surface area contributed by atoms with E-state index in [4.69, 9.17) is 21.1 Å². The van der Waals surface area contributed by atoms with Gasteiger partial charge in [-0.2, -0.15) is 5.10 Å². The molecular weight excluding hydrogens is 422 g/mol. The minimum Gasteiger partial charge on any atom is -0.496 e. The third-order valence-corrected chi connectivity index (χ3v) is 4.75. The minimum absolute atomic E-state index is 0.115. The number of hydrogen-bond acceptors (Lipinski definition) is 6. The van der Waals surface area contributed by atoms with Crippen molar-refractivity contribution in [2.75, 3.05) is 7.11 Å². The van der Waals surface area contributed by atoms with Crippen LogP contribution in [0, 0.1) is 10.1 Å². The van der Waals surface area contributed by atoms with Crippen molar-refractivity contribution >= 4 is 29.1 Å². The predicted octanol–water partition coefficient (Wildman–Crippen LogP) is 4.95. The molecule has 1 aromatic heterocycles. The van der Waals surface area contributed by atoms with Crippen molar-refractivity contribution < 1.29 is 19.2 Å². The van der Waals surface area contributed by atoms with Crippen LogP contribution in [0.1, 0.15) is 28.5 Å². The fourth-order valence-corrected chi connectivity index (χ4v) is 3.05. The molecule has 0 bridgehead atoms. The summed E-state index contributed by atoms with van der Waals surface area (Å²) in [5, 5.41) is 15.2. The van der Waals surface area contributed by atoms with Crippen LogP contribution in [0.25, 0.3) is 6.08 Å². The number of benzene rings is 2. The summed E-state index contributed by atoms with van der Waals surface area (Å²) in [7, 11) is 1.54. The number of allylic oxidation sites excluding steroid dienone is 1. The second-order valence-corrected chi connectivity index (χ2v) is 6.89. The van der Waals surface area contributed by atoms with E-state index in [0.717, 1.165) is 11.1 Å². The standard InChI is InChI=1S/C22H20ClN3O5/c1-3-25-11-10-19(24-25)20(27)7-4-15-5-8-21(30-2)16(12-15)14-31-22-9-6-17(26(28)29)13-18(22)23/h4-13H,3,14H2,1-2H3. The van der Waals surface area contributed by atoms with E-state index in [0.29, 0.717) is 23.7 Å². The van der Waals surface area contributed by atoms with Gasteiger partial charge >= 0.3 is 0 Å². The molecule has 0 aliphatic rings. The maximum absolute atomic E-state index is 12.3. The number of aryl methyl sites for hydroxylation is 1. The van der Waals surface area contributed by atoms with Crippen molar-refractivity contribution in [3.05, 3.63) is 86.7 Å². The summed E-state index contributed by atoms with van der Waals surface area (Å²) >= 11 is 6.08. The van der Waals surface area contributed by atoms with Crippen molar-refractivity contribution in [3.8, 4) is 11.5 Å². The highest BCUT2D eigenvalue weighted by Crippen LogP contribution is 2.30. The quantitative estimate of drug-likeness (QED) is 0.202. The third-order valence-electron chi connectivity index (χ3n) is 4.46. The van der Waals surface area contributed by atoms with E-state index in [1.54, 1.807) is 36.2 Å². The maximum Gasteiger partial charge on any atom is 0.271 e. The fraction of sp³-hybridized carbons (Fsp3) is 0.182. The largest absolute Gasteiger partial charge is 0.496 e. The zero-order chi connectivity index (χ0) is 22.4. The molecule has 3 rings (SSSR count). The molecular formula is C22H20ClN3O5. The summed E-state index contributed by atoms with van der Waals surface area (Å²) < 4.78 is 12.8. The Morgan fingerprint density at radius 2 is 2.00 bits per heavy atom. The highest BCUT2D eigenvalue weighted by molar-refractivity contribution is 6.32. The maximum atomic E-state index is 12.3. The van der Waals surface area contributed by atoms with E-state index in [1.165, 1.54) is 24.3 Å². The van der Waals surface area contributed by atoms with Gasteiger partial charge in [0.25, 0.3) is 5.69 Å². The van der Waals surface area contributed by atoms with Gasteiger partial charge in [-0.1, -0.05) is 23.7 Å². The molecule has 3 aromatic rings. The van der Waals surface area contributed by atoms with Gasteiger partial charge in [0.05, 0.1) is 17.1 Å². The zero-order valence-corrected chi connectivity index (χ0v) is 17.7. The Labute approximate surface area is 183 Å². The molecule has 0 aliphatic heterocycles. The molecule has 160 valence electrons. The van der Waals surface area contributed by atoms with Crippen LogP contribution in [0.5, 0.6) is 11.5 Å². The molecule has 0 radical (unpaired) electrons. The van der Waals surface area contributed by atoms with Crippen molar-refractivity contribution in [1.29, 1.82) is 0 Å². The summed E-state index contributed by atoms with van der Waals surface area (Å²) in [5.41, 5.74) is 1.76. The first kappa shape index (κ1) is 22.0. The first-order valence-electron chi connectivity index (χ1n) is 9.40. The molecule has 8 nitrogen and oxygen atoms in total. The van der Waals surface area contributed by atoms with E-state index < -0.39 is 4.92 Å². The molecule has 9 heteroatoms. The topological polar surface area (TPSA) is 96.5 Å². The number of nitrogens with zero attached hydrogens (tertiary/aromatic N) is 3. The number of carbonyl (C=O) groups excluding carboxylic acids is 1. The Morgan fingerprint density at radius 1 is 1.23 bits per heavy atom. The number of rotatable bonds is 9. The monoisotopic (exact) mass is 441 g/mol. The second-order valence-electron chi connectivity index (χ2n) is 6.49. The van der Waals surface area contributed by atoms with Crippen LogP contribution < -0.4 is 9.47 Å². The van der Waals surface area contributed by atoms with E-state index in [9.17, 15) is 14.9 Å². The number of methoxy groups -OCH3 is 1. The molecule has 0 saturated carbocycles. The number of halogens is 1. The van der Waals surface area contributed by atoms with Gasteiger partial charge in [-0.3, -0.25) is 19.6 Å². The lowest BCUT2D eigenvalue weighted by molar-refractivity contribution is -0.384. The van der Waals surface area contributed by atoms with Crippen LogP contribution in [-0.4, -0.2) is 27.6 Å². The molecule has 0 fully saturated rings. The van der Waals surface area contributed by atoms with Crippen LogP contribution in [0.3, 0.4) is 0 Å². The number of nitro benzene ring substituents is 1. The molecule has 0 saturated heterocycles. The molecule has 0 aliphatic carbocycles. The average molecular weight is 442 g/mol. The highest BCUT2D eigenvalue weighted by Gasteiger charge is 2.12. The first-order valence-corrected chi connectivity index (χ1v) is 9.78. The molecule has 2 aromatic carbocycles. The number of ether oxygens (including phenoxy) is 2. The Bertz CT molecular complexity index is 1140. The van der Waals surface area contributed by atoms with Gasteiger partial charge in [-0.05, 0) is 42.8 Å². The number of nitro groups is 1. The SMILES string of the molecule is CCn1ccc(C(=O)C=Cc2ccc(OC)c(COc3ccc([N+](=O)[O-])cc3Cl)c2)n1. The number of non-ortho nitro benzene ring substituents is 1. The predicted molar refractivity (Wildman–Crippen MR) is 117 cm³/mol. The summed E-state index contributed by atoms with van der Waals surface area (Å²) in [4.78, 5) is 22.6. The van der Waals surface area contributed by atoms with Gasteiger partial charge in [0, 0.05) is 30.4 Å². The lowest BCUT2D eigenvalue weighted by atomic mass is 10.1. The lowest BCUT2D eigenvalue weighted by Crippen LogP contribution is -2.01. The van der Waals surface area contributed by atoms with E-state index in [-0.39, 0.29) is 23.1 Å². The summed E-state index contributed by atoms with van der Waals surface area (Å²) in [5.74, 6) is 0.721. The van der Waals surface area contributed by atoms with Crippen molar-refractivity contribution in [3.63, 3.8) is 0 Å². The van der Waals surface area contributed by atoms with Gasteiger partial charge in [-0.15, -0.1) is 0 Å². The van der Waals surface area contributed by atoms with E-state index in [1.807, 2.05) is 19.1 Å². The number of hydrogen-bond donors (Lipinski definition) is 0. The Balaban J connectivity index is 1.74. The smallest absolute Gasteiger partial charge is 0.271 e. The van der Waals surface area contributed by atoms with Gasteiger partial charge < -0.3 is 9.47 Å². The summed E-state index contributed by atoms with van der Waals surface area (Å²) in [6.07, 6.45) is 4.91. The van der Waals surface area contributed by atoms with Crippen LogP contribution >= 0.6 is 11.6 Å². The molecule has 1 heterocycles. The molecule has 0 N–H and O–H groups in total. The number of aromatic nitrogens is 2. The number of carbonyl (C=O) groups is 1. The first-order chi connectivity index (χ1) is 14.9. The van der Waals surface area contributed by atoms with Gasteiger partial charge in [-0.25, -0.2) is 0 Å². The van der Waals surface area contributed by atoms with Crippen molar-refractivity contribution in [2.45, 2.75) is 20.1 Å². The molecule has 0 amide bonds. The zero-order valence-electron chi connectivity index (χ0n) is 16.9. The van der Waals surface area contributed by atoms with Gasteiger partial charge in [0.1, 0.15) is 23.8 Å². The summed E-state index contributed by atoms with van der Waals surface area (Å²) in [6, 6.07) is 11.1.